The molecule has 11 rings (SSSR count). The molecule has 9 aromatic rings. The lowest BCUT2D eigenvalue weighted by Gasteiger charge is -2.34. The predicted molar refractivity (Wildman–Crippen MR) is 239 cm³/mol. The summed E-state index contributed by atoms with van der Waals surface area (Å²) in [5.41, 5.74) is 12.5. The van der Waals surface area contributed by atoms with Crippen molar-refractivity contribution in [3.63, 3.8) is 0 Å². The summed E-state index contributed by atoms with van der Waals surface area (Å²) in [5, 5.41) is 4.84. The molecule has 0 spiro atoms. The normalized spacial score (nSPS) is 16.9. The van der Waals surface area contributed by atoms with Gasteiger partial charge in [0.05, 0.1) is 5.41 Å². The van der Waals surface area contributed by atoms with Gasteiger partial charge in [0.2, 0.25) is 0 Å². The minimum Gasteiger partial charge on any atom is -0.209 e. The third-order valence-electron chi connectivity index (χ3n) is 12.3. The van der Waals surface area contributed by atoms with Crippen molar-refractivity contribution in [3.05, 3.63) is 228 Å². The monoisotopic (exact) mass is 741 g/mol. The second-order valence-electron chi connectivity index (χ2n) is 15.6. The molecule has 0 bridgehead atoms. The minimum absolute atomic E-state index is 0.299. The highest BCUT2D eigenvalue weighted by Crippen LogP contribution is 2.58. The molecule has 2 unspecified atom stereocenters. The molecule has 0 amide bonds. The van der Waals surface area contributed by atoms with Gasteiger partial charge in [-0.25, -0.2) is 15.0 Å². The number of hydrogen-bond acceptors (Lipinski definition) is 3. The number of fused-ring (bicyclic) bond motifs is 6. The maximum absolute atomic E-state index is 5.28. The van der Waals surface area contributed by atoms with E-state index in [4.69, 9.17) is 15.0 Å². The van der Waals surface area contributed by atoms with Crippen LogP contribution in [-0.4, -0.2) is 15.0 Å². The van der Waals surface area contributed by atoms with Crippen molar-refractivity contribution in [2.75, 3.05) is 0 Å². The van der Waals surface area contributed by atoms with E-state index in [0.29, 0.717) is 17.6 Å². The maximum atomic E-state index is 5.28. The van der Waals surface area contributed by atoms with Gasteiger partial charge in [-0.15, -0.1) is 0 Å². The third-order valence-corrected chi connectivity index (χ3v) is 12.3. The zero-order valence-electron chi connectivity index (χ0n) is 32.2. The molecule has 2 atom stereocenters. The zero-order chi connectivity index (χ0) is 38.6. The molecule has 2 aliphatic rings. The molecule has 0 N–H and O–H groups in total. The van der Waals surface area contributed by atoms with E-state index < -0.39 is 5.41 Å². The Kier molecular flexibility index (Phi) is 8.08. The maximum Gasteiger partial charge on any atom is 0.164 e. The van der Waals surface area contributed by atoms with Crippen LogP contribution in [-0.2, 0) is 5.41 Å². The molecule has 2 aliphatic carbocycles. The molecule has 8 aromatic carbocycles. The van der Waals surface area contributed by atoms with E-state index in [9.17, 15) is 0 Å². The molecule has 0 fully saturated rings. The van der Waals surface area contributed by atoms with E-state index >= 15 is 0 Å². The van der Waals surface area contributed by atoms with Crippen LogP contribution < -0.4 is 0 Å². The van der Waals surface area contributed by atoms with Gasteiger partial charge in [-0.1, -0.05) is 195 Å². The van der Waals surface area contributed by atoms with E-state index in [-0.39, 0.29) is 0 Å². The molecule has 3 nitrogen and oxygen atoms in total. The van der Waals surface area contributed by atoms with Crippen molar-refractivity contribution in [1.29, 1.82) is 0 Å². The number of rotatable bonds is 6. The van der Waals surface area contributed by atoms with Gasteiger partial charge in [-0.05, 0) is 90.5 Å². The van der Waals surface area contributed by atoms with E-state index in [1.54, 1.807) is 0 Å². The first kappa shape index (κ1) is 34.1. The summed E-state index contributed by atoms with van der Waals surface area (Å²) < 4.78 is 0. The van der Waals surface area contributed by atoms with E-state index in [1.807, 2.05) is 18.2 Å². The first-order valence-electron chi connectivity index (χ1n) is 20.2. The van der Waals surface area contributed by atoms with E-state index in [2.05, 4.69) is 189 Å². The largest absolute Gasteiger partial charge is 0.209 e. The number of aromatic nitrogens is 3. The fraction of sp³-hybridized carbons (Fsp3) is 0.0727. The number of benzene rings is 8. The zero-order valence-corrected chi connectivity index (χ0v) is 32.2. The molecular formula is C55H39N3. The summed E-state index contributed by atoms with van der Waals surface area (Å²) in [6.07, 6.45) is 7.45. The summed E-state index contributed by atoms with van der Waals surface area (Å²) >= 11 is 0. The van der Waals surface area contributed by atoms with Crippen molar-refractivity contribution in [3.8, 4) is 45.0 Å². The standard InChI is InChI=1S/C55H39N3/c1-36-16-8-12-24-44(36)53-56-52(39-18-4-2-5-19-39)57-54(58-53)48-35-41-21-10-9-20-40(41)34-47(48)38-28-31-43(32-29-38)55(42-22-6-3-7-23-42)49-27-15-14-26-46(49)51-45-25-13-11-17-37(45)30-33-50(51)55/h2-15,17-36H,16H2,1H3. The van der Waals surface area contributed by atoms with Crippen LogP contribution in [0.3, 0.4) is 0 Å². The Hall–Kier alpha value is -7.23. The van der Waals surface area contributed by atoms with Crippen LogP contribution in [0.15, 0.2) is 200 Å². The molecule has 58 heavy (non-hydrogen) atoms. The van der Waals surface area contributed by atoms with Crippen LogP contribution >= 0.6 is 0 Å². The highest BCUT2D eigenvalue weighted by atomic mass is 15.0. The summed E-state index contributed by atoms with van der Waals surface area (Å²) in [5.74, 6) is 2.37. The minimum atomic E-state index is -0.505. The molecule has 0 radical (unpaired) electrons. The lowest BCUT2D eigenvalue weighted by molar-refractivity contribution is 0.747. The van der Waals surface area contributed by atoms with Gasteiger partial charge >= 0.3 is 0 Å². The highest BCUT2D eigenvalue weighted by molar-refractivity contribution is 6.04. The molecule has 0 aliphatic heterocycles. The van der Waals surface area contributed by atoms with E-state index in [0.717, 1.165) is 45.5 Å². The van der Waals surface area contributed by atoms with Crippen molar-refractivity contribution >= 4 is 27.1 Å². The first-order valence-corrected chi connectivity index (χ1v) is 20.2. The Morgan fingerprint density at radius 1 is 0.466 bits per heavy atom. The molecule has 3 heteroatoms. The van der Waals surface area contributed by atoms with Crippen LogP contribution in [0.2, 0.25) is 0 Å². The van der Waals surface area contributed by atoms with Gasteiger partial charge in [0, 0.05) is 16.7 Å². The summed E-state index contributed by atoms with van der Waals surface area (Å²) in [7, 11) is 0. The lowest BCUT2D eigenvalue weighted by Crippen LogP contribution is -2.28. The smallest absolute Gasteiger partial charge is 0.164 e. The van der Waals surface area contributed by atoms with Crippen LogP contribution in [0.1, 0.15) is 41.4 Å². The Bertz CT molecular complexity index is 3090. The van der Waals surface area contributed by atoms with Gasteiger partial charge in [0.15, 0.2) is 17.5 Å². The quantitative estimate of drug-likeness (QED) is 0.170. The van der Waals surface area contributed by atoms with Gasteiger partial charge in [0.1, 0.15) is 0 Å². The van der Waals surface area contributed by atoms with Crippen molar-refractivity contribution in [1.82, 2.24) is 15.0 Å². The van der Waals surface area contributed by atoms with E-state index in [1.165, 1.54) is 49.5 Å². The molecule has 0 saturated heterocycles. The molecule has 274 valence electrons. The number of hydrogen-bond donors (Lipinski definition) is 0. The second-order valence-corrected chi connectivity index (χ2v) is 15.6. The number of nitrogens with zero attached hydrogens (tertiary/aromatic N) is 3. The molecular weight excluding hydrogens is 703 g/mol. The highest BCUT2D eigenvalue weighted by Gasteiger charge is 2.46. The summed E-state index contributed by atoms with van der Waals surface area (Å²) in [6.45, 7) is 2.25. The Balaban J connectivity index is 1.13. The average molecular weight is 742 g/mol. The van der Waals surface area contributed by atoms with Crippen LogP contribution in [0.25, 0.3) is 72.1 Å². The SMILES string of the molecule is CC1CC=CC=C1c1nc(-c2ccccc2)nc(-c2cc3ccccc3cc2-c2ccc(C3(c4ccccc4)c4ccccc4-c4c3ccc3ccccc43)cc2)n1. The van der Waals surface area contributed by atoms with Crippen molar-refractivity contribution < 1.29 is 0 Å². The first-order chi connectivity index (χ1) is 28.7. The fourth-order valence-electron chi connectivity index (χ4n) is 9.47. The summed E-state index contributed by atoms with van der Waals surface area (Å²) in [4.78, 5) is 15.6. The molecule has 0 saturated carbocycles. The predicted octanol–water partition coefficient (Wildman–Crippen LogP) is 13.5. The van der Waals surface area contributed by atoms with Gasteiger partial charge < -0.3 is 0 Å². The van der Waals surface area contributed by atoms with Gasteiger partial charge in [-0.2, -0.15) is 0 Å². The van der Waals surface area contributed by atoms with Crippen LogP contribution in [0, 0.1) is 5.92 Å². The van der Waals surface area contributed by atoms with Gasteiger partial charge in [-0.3, -0.25) is 0 Å². The topological polar surface area (TPSA) is 38.7 Å². The molecule has 1 aromatic heterocycles. The Morgan fingerprint density at radius 2 is 1.09 bits per heavy atom. The van der Waals surface area contributed by atoms with Gasteiger partial charge in [0.25, 0.3) is 0 Å². The fourth-order valence-corrected chi connectivity index (χ4v) is 9.47. The second kappa shape index (κ2) is 13.8. The van der Waals surface area contributed by atoms with Crippen LogP contribution in [0.4, 0.5) is 0 Å². The Morgan fingerprint density at radius 3 is 1.86 bits per heavy atom. The number of allylic oxidation sites excluding steroid dienone is 4. The molecule has 1 heterocycles. The van der Waals surface area contributed by atoms with Crippen LogP contribution in [0.5, 0.6) is 0 Å². The lowest BCUT2D eigenvalue weighted by atomic mass is 9.67. The van der Waals surface area contributed by atoms with Crippen molar-refractivity contribution in [2.24, 2.45) is 5.92 Å². The van der Waals surface area contributed by atoms with Crippen molar-refractivity contribution in [2.45, 2.75) is 18.8 Å². The third kappa shape index (κ3) is 5.38. The summed E-state index contributed by atoms with van der Waals surface area (Å²) in [6, 6.07) is 66.1. The average Bonchev–Trinajstić information content (AvgIpc) is 3.61. The Labute approximate surface area is 338 Å².